The van der Waals surface area contributed by atoms with E-state index in [1.54, 1.807) is 29.2 Å². The first-order valence-corrected chi connectivity index (χ1v) is 21.6. The lowest BCUT2D eigenvalue weighted by Gasteiger charge is -2.27. The number of allylic oxidation sites excluding steroid dienone is 3. The molecule has 326 valence electrons. The van der Waals surface area contributed by atoms with Gasteiger partial charge in [-0.2, -0.15) is 36.9 Å². The summed E-state index contributed by atoms with van der Waals surface area (Å²) in [5.74, 6) is -3.51. The van der Waals surface area contributed by atoms with E-state index >= 15 is 0 Å². The molecule has 0 spiro atoms. The van der Waals surface area contributed by atoms with E-state index in [-0.39, 0.29) is 57.3 Å². The van der Waals surface area contributed by atoms with Crippen LogP contribution in [0.5, 0.6) is 0 Å². The SMILES string of the molecule is Nc1c(S(=O)(=O)O)cc(Nc2ccc(Nc3nc(Nc4ccc(N/N=C5/C=CC(=O)C(C(=O)O)=C5)cc4)nc(N4CCOCC4)n3)c(S(=O)(=O)O)c2)c2c1C(=O)c1ccccc1C2=O. The number of carboxylic acids is 1. The van der Waals surface area contributed by atoms with E-state index < -0.39 is 70.2 Å². The molecule has 0 amide bonds. The minimum absolute atomic E-state index is 0.00733. The van der Waals surface area contributed by atoms with Crippen LogP contribution >= 0.6 is 0 Å². The highest BCUT2D eigenvalue weighted by atomic mass is 32.2. The van der Waals surface area contributed by atoms with Gasteiger partial charge in [-0.1, -0.05) is 24.3 Å². The van der Waals surface area contributed by atoms with Crippen molar-refractivity contribution in [2.24, 2.45) is 5.10 Å². The van der Waals surface area contributed by atoms with Crippen molar-refractivity contribution in [3.63, 3.8) is 0 Å². The number of nitrogen functional groups attached to an aromatic ring is 1. The summed E-state index contributed by atoms with van der Waals surface area (Å²) in [4.78, 5) is 64.2. The summed E-state index contributed by atoms with van der Waals surface area (Å²) in [6.45, 7) is 1.54. The molecular weight excluding hydrogens is 877 g/mol. The minimum atomic E-state index is -5.07. The van der Waals surface area contributed by atoms with Crippen LogP contribution in [0, 0.1) is 0 Å². The predicted molar refractivity (Wildman–Crippen MR) is 230 cm³/mol. The van der Waals surface area contributed by atoms with Crippen LogP contribution in [-0.4, -0.2) is 101 Å². The van der Waals surface area contributed by atoms with Crippen LogP contribution < -0.4 is 32.0 Å². The molecule has 2 heterocycles. The third-order valence-electron chi connectivity index (χ3n) is 9.83. The lowest BCUT2D eigenvalue weighted by atomic mass is 9.82. The van der Waals surface area contributed by atoms with Gasteiger partial charge < -0.3 is 36.4 Å². The van der Waals surface area contributed by atoms with Gasteiger partial charge in [0.05, 0.1) is 52.8 Å². The zero-order chi connectivity index (χ0) is 45.5. The number of hydrogen-bond acceptors (Lipinski definition) is 19. The van der Waals surface area contributed by atoms with Crippen LogP contribution in [0.2, 0.25) is 0 Å². The van der Waals surface area contributed by atoms with Crippen LogP contribution in [0.25, 0.3) is 0 Å². The molecule has 22 nitrogen and oxygen atoms in total. The van der Waals surface area contributed by atoms with E-state index in [2.05, 4.69) is 41.4 Å². The van der Waals surface area contributed by atoms with Crippen molar-refractivity contribution in [2.75, 3.05) is 58.3 Å². The van der Waals surface area contributed by atoms with Gasteiger partial charge in [-0.05, 0) is 66.8 Å². The van der Waals surface area contributed by atoms with Crippen LogP contribution in [-0.2, 0) is 34.6 Å². The molecule has 3 aliphatic rings. The van der Waals surface area contributed by atoms with E-state index in [9.17, 15) is 50.2 Å². The fourth-order valence-corrected chi connectivity index (χ4v) is 8.14. The molecule has 1 saturated heterocycles. The molecule has 2 aliphatic carbocycles. The highest BCUT2D eigenvalue weighted by Crippen LogP contribution is 2.41. The fourth-order valence-electron chi connectivity index (χ4n) is 6.82. The molecule has 0 bridgehead atoms. The van der Waals surface area contributed by atoms with Gasteiger partial charge in [0, 0.05) is 35.6 Å². The number of nitrogens with zero attached hydrogens (tertiary/aromatic N) is 5. The van der Waals surface area contributed by atoms with Crippen LogP contribution in [0.4, 0.5) is 52.0 Å². The van der Waals surface area contributed by atoms with Crippen molar-refractivity contribution in [2.45, 2.75) is 9.79 Å². The summed E-state index contributed by atoms with van der Waals surface area (Å²) in [6, 6.07) is 16.7. The summed E-state index contributed by atoms with van der Waals surface area (Å²) in [7, 11) is -10.1. The molecule has 5 aromatic rings. The van der Waals surface area contributed by atoms with Gasteiger partial charge in [-0.15, -0.1) is 0 Å². The molecule has 24 heteroatoms. The van der Waals surface area contributed by atoms with Gasteiger partial charge in [0.1, 0.15) is 15.4 Å². The third kappa shape index (κ3) is 8.74. The quantitative estimate of drug-likeness (QED) is 0.0285. The summed E-state index contributed by atoms with van der Waals surface area (Å²) >= 11 is 0. The van der Waals surface area contributed by atoms with E-state index in [1.807, 2.05) is 0 Å². The lowest BCUT2D eigenvalue weighted by molar-refractivity contribution is -0.134. The van der Waals surface area contributed by atoms with Gasteiger partial charge in [0.15, 0.2) is 17.3 Å². The number of hydrazone groups is 1. The average molecular weight is 909 g/mol. The van der Waals surface area contributed by atoms with Crippen molar-refractivity contribution >= 4 is 101 Å². The number of carbonyl (C=O) groups excluding carboxylic acids is 3. The first kappa shape index (κ1) is 42.8. The van der Waals surface area contributed by atoms with Gasteiger partial charge in [0.2, 0.25) is 17.8 Å². The number of ketones is 3. The lowest BCUT2D eigenvalue weighted by Crippen LogP contribution is -2.37. The second-order valence-electron chi connectivity index (χ2n) is 14.0. The molecule has 0 saturated carbocycles. The largest absolute Gasteiger partial charge is 0.478 e. The molecule has 1 aromatic heterocycles. The second-order valence-corrected chi connectivity index (χ2v) is 16.8. The number of fused-ring (bicyclic) bond motifs is 2. The molecule has 0 unspecified atom stereocenters. The summed E-state index contributed by atoms with van der Waals surface area (Å²) < 4.78 is 76.6. The number of aliphatic carboxylic acids is 1. The first-order valence-electron chi connectivity index (χ1n) is 18.7. The van der Waals surface area contributed by atoms with Crippen molar-refractivity contribution in [1.82, 2.24) is 15.0 Å². The number of nitrogens with one attached hydrogen (secondary N) is 4. The number of anilines is 9. The molecule has 4 aromatic carbocycles. The van der Waals surface area contributed by atoms with Gasteiger partial charge >= 0.3 is 5.97 Å². The van der Waals surface area contributed by atoms with Crippen LogP contribution in [0.15, 0.2) is 111 Å². The topological polar surface area (TPSA) is 335 Å². The monoisotopic (exact) mass is 908 g/mol. The summed E-state index contributed by atoms with van der Waals surface area (Å²) in [5, 5.41) is 22.0. The Labute approximate surface area is 362 Å². The minimum Gasteiger partial charge on any atom is -0.478 e. The highest BCUT2D eigenvalue weighted by Gasteiger charge is 2.37. The molecule has 1 fully saturated rings. The molecular formula is C40H32N10O12S2. The Kier molecular flexibility index (Phi) is 11.2. The molecule has 64 heavy (non-hydrogen) atoms. The number of ether oxygens (including phenoxy) is 1. The van der Waals surface area contributed by atoms with E-state index in [4.69, 9.17) is 10.5 Å². The number of hydrogen-bond donors (Lipinski definition) is 8. The van der Waals surface area contributed by atoms with Gasteiger partial charge in [-0.3, -0.25) is 28.9 Å². The Morgan fingerprint density at radius 1 is 0.719 bits per heavy atom. The molecule has 0 atom stereocenters. The maximum Gasteiger partial charge on any atom is 0.339 e. The molecule has 1 aliphatic heterocycles. The van der Waals surface area contributed by atoms with Crippen molar-refractivity contribution in [3.8, 4) is 0 Å². The maximum atomic E-state index is 13.8. The first-order chi connectivity index (χ1) is 30.4. The number of aromatic nitrogens is 3. The number of carbonyl (C=O) groups is 4. The normalized spacial score (nSPS) is 15.6. The average Bonchev–Trinajstić information content (AvgIpc) is 3.26. The van der Waals surface area contributed by atoms with Crippen molar-refractivity contribution in [1.29, 1.82) is 0 Å². The third-order valence-corrected chi connectivity index (χ3v) is 11.6. The number of carboxylic acid groups (broad SMARTS) is 1. The number of nitrogens with two attached hydrogens (primary N) is 1. The Bertz CT molecular complexity index is 3150. The fraction of sp³-hybridized carbons (Fsp3) is 0.100. The summed E-state index contributed by atoms with van der Waals surface area (Å²) in [6.07, 6.45) is 3.61. The van der Waals surface area contributed by atoms with Crippen LogP contribution in [0.1, 0.15) is 31.8 Å². The zero-order valence-electron chi connectivity index (χ0n) is 32.6. The Balaban J connectivity index is 1.10. The smallest absolute Gasteiger partial charge is 0.339 e. The number of benzene rings is 4. The number of morpholine rings is 1. The van der Waals surface area contributed by atoms with Crippen molar-refractivity contribution < 1.29 is 55.0 Å². The second kappa shape index (κ2) is 16.8. The number of rotatable bonds is 12. The Morgan fingerprint density at radius 3 is 1.97 bits per heavy atom. The summed E-state index contributed by atoms with van der Waals surface area (Å²) in [5.41, 5.74) is 7.41. The van der Waals surface area contributed by atoms with E-state index in [0.29, 0.717) is 37.7 Å². The highest BCUT2D eigenvalue weighted by molar-refractivity contribution is 7.86. The van der Waals surface area contributed by atoms with Gasteiger partial charge in [-0.25, -0.2) is 4.79 Å². The molecule has 0 radical (unpaired) electrons. The Hall–Kier alpha value is -7.90. The zero-order valence-corrected chi connectivity index (χ0v) is 34.3. The van der Waals surface area contributed by atoms with Gasteiger partial charge in [0.25, 0.3) is 20.2 Å². The molecule has 8 rings (SSSR count). The maximum absolute atomic E-state index is 13.8. The van der Waals surface area contributed by atoms with Crippen molar-refractivity contribution in [3.05, 3.63) is 119 Å². The van der Waals surface area contributed by atoms with Crippen LogP contribution in [0.3, 0.4) is 0 Å². The Morgan fingerprint density at radius 2 is 1.33 bits per heavy atom. The van der Waals surface area contributed by atoms with E-state index in [1.165, 1.54) is 42.5 Å². The predicted octanol–water partition coefficient (Wildman–Crippen LogP) is 3.71. The standard InChI is InChI=1S/C40H32N10O12S2/c41-34-31(64(59,60)61)19-28(32-33(34)36(53)25-4-2-1-3-24(25)35(32)52)42-22-9-11-27(30(18-22)63(56,57)58)44-39-45-38(46-40(47-39)50-13-15-62-16-14-50)43-20-5-7-21(8-6-20)48-49-23-10-12-29(51)26(17-23)37(54)55/h1-12,17-19,42,48H,13-16,41H2,(H,54,55)(H,56,57,58)(H,59,60,61)(H2,43,44,45,46,47)/b49-23-. The van der Waals surface area contributed by atoms with E-state index in [0.717, 1.165) is 24.3 Å². The molecule has 9 N–H and O–H groups in total.